The van der Waals surface area contributed by atoms with Crippen LogP contribution in [-0.2, 0) is 0 Å². The Hall–Kier alpha value is -0.170. The first-order chi connectivity index (χ1) is 7.50. The zero-order valence-electron chi connectivity index (χ0n) is 10.9. The smallest absolute Gasteiger partial charge is 0.0137 e. The van der Waals surface area contributed by atoms with Gasteiger partial charge in [0.05, 0.1) is 0 Å². The maximum atomic E-state index is 3.94. The highest BCUT2D eigenvalue weighted by Crippen LogP contribution is 2.58. The number of fused-ring (bicyclic) bond motifs is 1. The second-order valence-corrected chi connectivity index (χ2v) is 7.25. The van der Waals surface area contributed by atoms with Gasteiger partial charge in [0.2, 0.25) is 0 Å². The standard InChI is InChI=1S/C15H24S/c1-11(2)10-16-6-5-12-7-13-9-14(8-12)15(13,3)4/h7,13-14H,1,5-6,8-10H2,2-4H3/t13-,14-/m0/s1. The number of allylic oxidation sites excluding steroid dienone is 2. The molecule has 16 heavy (non-hydrogen) atoms. The van der Waals surface area contributed by atoms with Gasteiger partial charge in [-0.15, -0.1) is 0 Å². The van der Waals surface area contributed by atoms with E-state index in [9.17, 15) is 0 Å². The lowest BCUT2D eigenvalue weighted by Gasteiger charge is -2.55. The molecule has 0 unspecified atom stereocenters. The third-order valence-electron chi connectivity index (χ3n) is 4.41. The van der Waals surface area contributed by atoms with Crippen molar-refractivity contribution in [2.24, 2.45) is 17.3 Å². The number of hydrogen-bond acceptors (Lipinski definition) is 1. The van der Waals surface area contributed by atoms with Gasteiger partial charge in [0.1, 0.15) is 0 Å². The highest BCUT2D eigenvalue weighted by atomic mass is 32.2. The third-order valence-corrected chi connectivity index (χ3v) is 5.60. The molecule has 0 aliphatic heterocycles. The molecule has 3 aliphatic carbocycles. The van der Waals surface area contributed by atoms with Crippen molar-refractivity contribution in [3.05, 3.63) is 23.8 Å². The van der Waals surface area contributed by atoms with Crippen LogP contribution in [0.15, 0.2) is 23.8 Å². The van der Waals surface area contributed by atoms with Gasteiger partial charge in [0, 0.05) is 5.75 Å². The average molecular weight is 236 g/mol. The van der Waals surface area contributed by atoms with E-state index in [1.54, 1.807) is 5.57 Å². The summed E-state index contributed by atoms with van der Waals surface area (Å²) in [5.41, 5.74) is 3.63. The van der Waals surface area contributed by atoms with Crippen LogP contribution in [0.25, 0.3) is 0 Å². The largest absolute Gasteiger partial charge is 0.157 e. The van der Waals surface area contributed by atoms with Crippen LogP contribution in [0.5, 0.6) is 0 Å². The molecule has 1 saturated carbocycles. The molecule has 0 aromatic carbocycles. The van der Waals surface area contributed by atoms with Gasteiger partial charge in [0.25, 0.3) is 0 Å². The maximum absolute atomic E-state index is 3.94. The lowest BCUT2D eigenvalue weighted by atomic mass is 9.50. The Balaban J connectivity index is 1.75. The second kappa shape index (κ2) is 4.60. The van der Waals surface area contributed by atoms with Crippen molar-refractivity contribution in [2.45, 2.75) is 40.0 Å². The number of thioether (sulfide) groups is 1. The molecule has 0 spiro atoms. The molecule has 1 heteroatoms. The SMILES string of the molecule is C=C(C)CSCCC1=C[C@H]2C[C@H](C1)C2(C)C. The van der Waals surface area contributed by atoms with E-state index in [2.05, 4.69) is 33.4 Å². The zero-order chi connectivity index (χ0) is 11.8. The van der Waals surface area contributed by atoms with Crippen LogP contribution in [0.2, 0.25) is 0 Å². The van der Waals surface area contributed by atoms with Crippen LogP contribution in [0, 0.1) is 17.3 Å². The van der Waals surface area contributed by atoms with Crippen molar-refractivity contribution in [1.82, 2.24) is 0 Å². The quantitative estimate of drug-likeness (QED) is 0.493. The molecule has 0 saturated heterocycles. The van der Waals surface area contributed by atoms with Gasteiger partial charge in [-0.1, -0.05) is 37.6 Å². The van der Waals surface area contributed by atoms with E-state index in [0.717, 1.165) is 17.6 Å². The molecule has 0 aromatic heterocycles. The summed E-state index contributed by atoms with van der Waals surface area (Å²) >= 11 is 2.03. The Morgan fingerprint density at radius 1 is 1.56 bits per heavy atom. The summed E-state index contributed by atoms with van der Waals surface area (Å²) in [4.78, 5) is 0. The minimum absolute atomic E-state index is 0.606. The molecule has 0 nitrogen and oxygen atoms in total. The normalized spacial score (nSPS) is 30.6. The first-order valence-corrected chi connectivity index (χ1v) is 7.57. The number of rotatable bonds is 5. The van der Waals surface area contributed by atoms with Crippen molar-refractivity contribution < 1.29 is 0 Å². The zero-order valence-corrected chi connectivity index (χ0v) is 11.7. The van der Waals surface area contributed by atoms with Gasteiger partial charge in [-0.2, -0.15) is 11.8 Å². The molecule has 0 N–H and O–H groups in total. The van der Waals surface area contributed by atoms with Crippen molar-refractivity contribution >= 4 is 11.8 Å². The van der Waals surface area contributed by atoms with Crippen LogP contribution in [0.4, 0.5) is 0 Å². The summed E-state index contributed by atoms with van der Waals surface area (Å²) in [7, 11) is 0. The average Bonchev–Trinajstić information content (AvgIpc) is 2.24. The third kappa shape index (κ3) is 2.40. The number of hydrogen-bond donors (Lipinski definition) is 0. The Labute approximate surface area is 105 Å². The van der Waals surface area contributed by atoms with Crippen molar-refractivity contribution in [1.29, 1.82) is 0 Å². The second-order valence-electron chi connectivity index (χ2n) is 6.15. The molecule has 2 bridgehead atoms. The summed E-state index contributed by atoms with van der Waals surface area (Å²) < 4.78 is 0. The first-order valence-electron chi connectivity index (χ1n) is 6.42. The van der Waals surface area contributed by atoms with Crippen LogP contribution < -0.4 is 0 Å². The van der Waals surface area contributed by atoms with Crippen molar-refractivity contribution in [3.63, 3.8) is 0 Å². The Morgan fingerprint density at radius 2 is 2.31 bits per heavy atom. The summed E-state index contributed by atoms with van der Waals surface area (Å²) in [5.74, 6) is 4.26. The Kier molecular flexibility index (Phi) is 3.53. The van der Waals surface area contributed by atoms with Crippen LogP contribution in [-0.4, -0.2) is 11.5 Å². The predicted molar refractivity (Wildman–Crippen MR) is 74.8 cm³/mol. The van der Waals surface area contributed by atoms with E-state index >= 15 is 0 Å². The fraction of sp³-hybridized carbons (Fsp3) is 0.733. The van der Waals surface area contributed by atoms with E-state index in [1.807, 2.05) is 11.8 Å². The summed E-state index contributed by atoms with van der Waals surface area (Å²) in [6, 6.07) is 0. The molecule has 3 rings (SSSR count). The monoisotopic (exact) mass is 236 g/mol. The highest BCUT2D eigenvalue weighted by Gasteiger charge is 2.49. The molecule has 2 atom stereocenters. The topological polar surface area (TPSA) is 0 Å². The van der Waals surface area contributed by atoms with Crippen molar-refractivity contribution in [3.8, 4) is 0 Å². The molecule has 0 amide bonds. The minimum Gasteiger partial charge on any atom is -0.157 e. The van der Waals surface area contributed by atoms with Gasteiger partial charge in [-0.3, -0.25) is 0 Å². The Bertz CT molecular complexity index is 311. The predicted octanol–water partition coefficient (Wildman–Crippen LogP) is 4.68. The molecule has 3 aliphatic rings. The highest BCUT2D eigenvalue weighted by molar-refractivity contribution is 7.99. The molecular formula is C15H24S. The summed E-state index contributed by atoms with van der Waals surface area (Å²) in [6.45, 7) is 10.9. The molecule has 90 valence electrons. The first kappa shape index (κ1) is 12.3. The lowest BCUT2D eigenvalue weighted by Crippen LogP contribution is -2.46. The van der Waals surface area contributed by atoms with E-state index in [0.29, 0.717) is 5.41 Å². The maximum Gasteiger partial charge on any atom is 0.0137 e. The van der Waals surface area contributed by atoms with E-state index in [-0.39, 0.29) is 0 Å². The van der Waals surface area contributed by atoms with Gasteiger partial charge >= 0.3 is 0 Å². The fourth-order valence-corrected chi connectivity index (χ4v) is 3.89. The van der Waals surface area contributed by atoms with Crippen LogP contribution in [0.3, 0.4) is 0 Å². The minimum atomic E-state index is 0.606. The van der Waals surface area contributed by atoms with Gasteiger partial charge in [-0.25, -0.2) is 0 Å². The van der Waals surface area contributed by atoms with Crippen LogP contribution in [0.1, 0.15) is 40.0 Å². The summed E-state index contributed by atoms with van der Waals surface area (Å²) in [6.07, 6.45) is 6.72. The van der Waals surface area contributed by atoms with Gasteiger partial charge in [0.15, 0.2) is 0 Å². The van der Waals surface area contributed by atoms with Crippen molar-refractivity contribution in [2.75, 3.05) is 11.5 Å². The van der Waals surface area contributed by atoms with Crippen LogP contribution >= 0.6 is 11.8 Å². The fourth-order valence-electron chi connectivity index (χ4n) is 2.99. The molecule has 0 heterocycles. The van der Waals surface area contributed by atoms with E-state index < -0.39 is 0 Å². The molecule has 1 fully saturated rings. The molecule has 0 radical (unpaired) electrons. The van der Waals surface area contributed by atoms with E-state index in [1.165, 1.54) is 30.6 Å². The van der Waals surface area contributed by atoms with Gasteiger partial charge < -0.3 is 0 Å². The molecule has 0 aromatic rings. The summed E-state index contributed by atoms with van der Waals surface area (Å²) in [5, 5.41) is 0. The van der Waals surface area contributed by atoms with Gasteiger partial charge in [-0.05, 0) is 49.2 Å². The molecular weight excluding hydrogens is 212 g/mol. The van der Waals surface area contributed by atoms with E-state index in [4.69, 9.17) is 0 Å². The Morgan fingerprint density at radius 3 is 2.81 bits per heavy atom. The lowest BCUT2D eigenvalue weighted by molar-refractivity contribution is -0.00146.